The topological polar surface area (TPSA) is 65.7 Å². The van der Waals surface area contributed by atoms with Gasteiger partial charge in [0.15, 0.2) is 11.5 Å². The Hall–Kier alpha value is -1.78. The lowest BCUT2D eigenvalue weighted by Crippen LogP contribution is -2.12. The Balaban J connectivity index is 2.05. The molecule has 5 nitrogen and oxygen atoms in total. The van der Waals surface area contributed by atoms with Gasteiger partial charge in [0, 0.05) is 25.7 Å². The van der Waals surface area contributed by atoms with Gasteiger partial charge in [0.1, 0.15) is 0 Å². The van der Waals surface area contributed by atoms with Crippen LogP contribution in [0.3, 0.4) is 0 Å². The van der Waals surface area contributed by atoms with E-state index in [1.165, 1.54) is 244 Å². The molecule has 1 heterocycles. The van der Waals surface area contributed by atoms with Crippen LogP contribution in [0.5, 0.6) is 11.5 Å². The smallest absolute Gasteiger partial charge is 0.311 e. The van der Waals surface area contributed by atoms with E-state index in [2.05, 4.69) is 13.8 Å². The predicted molar refractivity (Wildman–Crippen MR) is 263 cm³/mol. The van der Waals surface area contributed by atoms with Crippen molar-refractivity contribution in [1.82, 2.24) is 0 Å². The summed E-state index contributed by atoms with van der Waals surface area (Å²) >= 11 is 0. The first-order valence-corrected chi connectivity index (χ1v) is 27.6. The Morgan fingerprint density at radius 2 is 0.475 bits per heavy atom. The Morgan fingerprint density at radius 3 is 0.656 bits per heavy atom. The number of ether oxygens (including phenoxy) is 2. The molecule has 358 valence electrons. The van der Waals surface area contributed by atoms with Crippen LogP contribution in [-0.2, 0) is 22.4 Å². The average molecular weight is 857 g/mol. The summed E-state index contributed by atoms with van der Waals surface area (Å²) in [7, 11) is 0. The van der Waals surface area contributed by atoms with Crippen molar-refractivity contribution in [2.75, 3.05) is 0 Å². The maximum atomic E-state index is 12.9. The fourth-order valence-corrected chi connectivity index (χ4v) is 8.90. The van der Waals surface area contributed by atoms with E-state index < -0.39 is 0 Å². The highest BCUT2D eigenvalue weighted by molar-refractivity contribution is 5.77. The van der Waals surface area contributed by atoms with Crippen molar-refractivity contribution >= 4 is 11.9 Å². The van der Waals surface area contributed by atoms with Gasteiger partial charge in [0.25, 0.3) is 0 Å². The summed E-state index contributed by atoms with van der Waals surface area (Å²) in [5, 5.41) is 0. The molecule has 0 fully saturated rings. The Bertz CT molecular complexity index is 1010. The van der Waals surface area contributed by atoms with Crippen LogP contribution in [0.4, 0.5) is 0 Å². The number of carbonyl (C=O) groups is 2. The van der Waals surface area contributed by atoms with Crippen molar-refractivity contribution in [1.29, 1.82) is 0 Å². The van der Waals surface area contributed by atoms with Crippen molar-refractivity contribution in [3.05, 3.63) is 11.5 Å². The maximum absolute atomic E-state index is 12.9. The second-order valence-corrected chi connectivity index (χ2v) is 18.9. The number of rotatable bonds is 48. The van der Waals surface area contributed by atoms with E-state index in [0.717, 1.165) is 25.7 Å². The number of unbranched alkanes of at least 4 members (excludes halogenated alkanes) is 40. The molecule has 0 saturated carbocycles. The summed E-state index contributed by atoms with van der Waals surface area (Å²) in [4.78, 5) is 25.8. The van der Waals surface area contributed by atoms with Gasteiger partial charge in [-0.3, -0.25) is 9.59 Å². The molecule has 0 N–H and O–H groups in total. The predicted octanol–water partition coefficient (Wildman–Crippen LogP) is 19.4. The maximum Gasteiger partial charge on any atom is 0.311 e. The lowest BCUT2D eigenvalue weighted by molar-refractivity contribution is -0.137. The van der Waals surface area contributed by atoms with Crippen LogP contribution in [-0.4, -0.2) is 11.9 Å². The molecular formula is C56H104O5. The highest BCUT2D eigenvalue weighted by atomic mass is 16.6. The molecule has 1 aromatic rings. The van der Waals surface area contributed by atoms with E-state index in [9.17, 15) is 9.59 Å². The second-order valence-electron chi connectivity index (χ2n) is 18.9. The Kier molecular flexibility index (Phi) is 42.0. The largest absolute Gasteiger partial charge is 0.458 e. The Morgan fingerprint density at radius 1 is 0.295 bits per heavy atom. The van der Waals surface area contributed by atoms with Crippen LogP contribution >= 0.6 is 0 Å². The zero-order valence-corrected chi connectivity index (χ0v) is 41.6. The monoisotopic (exact) mass is 857 g/mol. The molecule has 0 unspecified atom stereocenters. The Labute approximate surface area is 380 Å². The second kappa shape index (κ2) is 44.8. The van der Waals surface area contributed by atoms with Crippen molar-refractivity contribution in [3.63, 3.8) is 0 Å². The van der Waals surface area contributed by atoms with Gasteiger partial charge in [-0.15, -0.1) is 0 Å². The summed E-state index contributed by atoms with van der Waals surface area (Å²) in [6.45, 7) is 8.53. The number of carbonyl (C=O) groups excluding carboxylic acids is 2. The van der Waals surface area contributed by atoms with Crippen LogP contribution in [0.15, 0.2) is 4.42 Å². The lowest BCUT2D eigenvalue weighted by atomic mass is 10.0. The summed E-state index contributed by atoms with van der Waals surface area (Å²) in [6, 6.07) is 0. The molecule has 0 bridgehead atoms. The SMILES string of the molecule is CCCCCCCCCCCCCCCCCCCCCCCC(=O)Oc1c(CC)oc(CC)c1OC(=O)CCCCCCCCCCCCCCCCCCCCCCC. The van der Waals surface area contributed by atoms with E-state index >= 15 is 0 Å². The average Bonchev–Trinajstić information content (AvgIpc) is 3.59. The van der Waals surface area contributed by atoms with Gasteiger partial charge in [-0.1, -0.05) is 285 Å². The van der Waals surface area contributed by atoms with Gasteiger partial charge >= 0.3 is 11.9 Å². The molecule has 5 heteroatoms. The third kappa shape index (κ3) is 35.3. The molecule has 0 aliphatic carbocycles. The van der Waals surface area contributed by atoms with E-state index in [1.54, 1.807) is 0 Å². The molecule has 0 radical (unpaired) electrons. The van der Waals surface area contributed by atoms with Crippen molar-refractivity contribution < 1.29 is 23.5 Å². The lowest BCUT2D eigenvalue weighted by Gasteiger charge is -2.09. The number of aryl methyl sites for hydroxylation is 2. The molecular weight excluding hydrogens is 753 g/mol. The number of hydrogen-bond acceptors (Lipinski definition) is 5. The summed E-state index contributed by atoms with van der Waals surface area (Å²) in [6.07, 6.45) is 58.3. The minimum absolute atomic E-state index is 0.266. The minimum Gasteiger partial charge on any atom is -0.458 e. The fraction of sp³-hybridized carbons (Fsp3) is 0.893. The first kappa shape index (κ1) is 57.2. The van der Waals surface area contributed by atoms with Gasteiger partial charge in [-0.2, -0.15) is 0 Å². The van der Waals surface area contributed by atoms with Gasteiger partial charge in [0.05, 0.1) is 0 Å². The van der Waals surface area contributed by atoms with Crippen LogP contribution in [0.2, 0.25) is 0 Å². The highest BCUT2D eigenvalue weighted by Gasteiger charge is 2.26. The highest BCUT2D eigenvalue weighted by Crippen LogP contribution is 2.40. The number of hydrogen-bond donors (Lipinski definition) is 0. The van der Waals surface area contributed by atoms with E-state index in [4.69, 9.17) is 13.9 Å². The molecule has 1 rings (SSSR count). The zero-order valence-electron chi connectivity index (χ0n) is 41.6. The molecule has 1 aromatic heterocycles. The fourth-order valence-electron chi connectivity index (χ4n) is 8.90. The first-order valence-electron chi connectivity index (χ1n) is 27.6. The van der Waals surface area contributed by atoms with Crippen LogP contribution < -0.4 is 9.47 Å². The molecule has 0 saturated heterocycles. The standard InChI is InChI=1S/C56H104O5/c1-5-9-11-13-15-17-19-21-23-25-27-29-31-33-35-37-39-41-43-45-47-49-53(57)60-55-51(7-3)59-52(8-4)56(55)61-54(58)50-48-46-44-42-40-38-36-34-32-30-28-26-24-22-20-18-16-14-12-10-6-2/h5-50H2,1-4H3. The normalized spacial score (nSPS) is 11.5. The van der Waals surface area contributed by atoms with E-state index in [1.807, 2.05) is 13.8 Å². The van der Waals surface area contributed by atoms with Crippen molar-refractivity contribution in [2.45, 2.75) is 323 Å². The molecule has 0 amide bonds. The summed E-state index contributed by atoms with van der Waals surface area (Å²) < 4.78 is 17.7. The van der Waals surface area contributed by atoms with Gasteiger partial charge in [-0.25, -0.2) is 0 Å². The van der Waals surface area contributed by atoms with Crippen LogP contribution in [0.1, 0.15) is 322 Å². The van der Waals surface area contributed by atoms with E-state index in [0.29, 0.717) is 48.7 Å². The molecule has 0 aliphatic heterocycles. The van der Waals surface area contributed by atoms with Gasteiger partial charge in [-0.05, 0) is 12.8 Å². The zero-order chi connectivity index (χ0) is 44.1. The molecule has 0 aliphatic rings. The third-order valence-electron chi connectivity index (χ3n) is 13.0. The van der Waals surface area contributed by atoms with E-state index in [-0.39, 0.29) is 11.9 Å². The minimum atomic E-state index is -0.266. The van der Waals surface area contributed by atoms with Gasteiger partial charge in [0.2, 0.25) is 11.5 Å². The number of esters is 2. The quantitative estimate of drug-likeness (QED) is 0.0482. The third-order valence-corrected chi connectivity index (χ3v) is 13.0. The molecule has 0 aromatic carbocycles. The molecule has 0 spiro atoms. The summed E-state index contributed by atoms with van der Waals surface area (Å²) in [5.41, 5.74) is 0. The number of furan rings is 1. The van der Waals surface area contributed by atoms with Crippen LogP contribution in [0.25, 0.3) is 0 Å². The van der Waals surface area contributed by atoms with Crippen molar-refractivity contribution in [3.8, 4) is 11.5 Å². The molecule has 0 atom stereocenters. The van der Waals surface area contributed by atoms with Crippen molar-refractivity contribution in [2.24, 2.45) is 0 Å². The van der Waals surface area contributed by atoms with Gasteiger partial charge < -0.3 is 13.9 Å². The molecule has 61 heavy (non-hydrogen) atoms. The van der Waals surface area contributed by atoms with Crippen LogP contribution in [0, 0.1) is 0 Å². The first-order chi connectivity index (χ1) is 30.1. The summed E-state index contributed by atoms with van der Waals surface area (Å²) in [5.74, 6) is 1.27.